The standard InChI is InChI=1S/C14H22N4S/c1-9-8-12(13(14(15)19)10(2)16-9)17-11-4-6-18(3)7-5-11/h8,11H,4-7H2,1-3H3,(H2,15,19)(H,16,17). The Morgan fingerprint density at radius 1 is 1.42 bits per heavy atom. The summed E-state index contributed by atoms with van der Waals surface area (Å²) in [6.07, 6.45) is 2.29. The van der Waals surface area contributed by atoms with E-state index in [0.29, 0.717) is 11.0 Å². The van der Waals surface area contributed by atoms with Gasteiger partial charge in [-0.15, -0.1) is 0 Å². The van der Waals surface area contributed by atoms with Gasteiger partial charge in [-0.3, -0.25) is 4.98 Å². The number of pyridine rings is 1. The zero-order valence-corrected chi connectivity index (χ0v) is 12.7. The molecule has 0 saturated carbocycles. The molecule has 0 unspecified atom stereocenters. The summed E-state index contributed by atoms with van der Waals surface area (Å²) in [5, 5.41) is 3.60. The van der Waals surface area contributed by atoms with Crippen LogP contribution in [0.2, 0.25) is 0 Å². The maximum Gasteiger partial charge on any atom is 0.107 e. The van der Waals surface area contributed by atoms with E-state index in [4.69, 9.17) is 18.0 Å². The summed E-state index contributed by atoms with van der Waals surface area (Å²) < 4.78 is 0. The molecule has 0 atom stereocenters. The van der Waals surface area contributed by atoms with E-state index in [1.165, 1.54) is 0 Å². The molecule has 0 amide bonds. The molecule has 104 valence electrons. The Morgan fingerprint density at radius 3 is 2.63 bits per heavy atom. The number of piperidine rings is 1. The highest BCUT2D eigenvalue weighted by Gasteiger charge is 2.19. The van der Waals surface area contributed by atoms with Gasteiger partial charge in [-0.05, 0) is 52.9 Å². The summed E-state index contributed by atoms with van der Waals surface area (Å²) >= 11 is 5.16. The minimum Gasteiger partial charge on any atom is -0.389 e. The van der Waals surface area contributed by atoms with Crippen LogP contribution in [0.1, 0.15) is 29.8 Å². The molecule has 1 aromatic heterocycles. The van der Waals surface area contributed by atoms with Crippen LogP contribution in [-0.4, -0.2) is 41.1 Å². The predicted octanol–water partition coefficient (Wildman–Crippen LogP) is 1.84. The Bertz CT molecular complexity index is 479. The Morgan fingerprint density at radius 2 is 2.05 bits per heavy atom. The fourth-order valence-electron chi connectivity index (χ4n) is 2.63. The Balaban J connectivity index is 2.21. The van der Waals surface area contributed by atoms with Gasteiger partial charge >= 0.3 is 0 Å². The molecular weight excluding hydrogens is 256 g/mol. The number of thiocarbonyl (C=S) groups is 1. The van der Waals surface area contributed by atoms with Gasteiger partial charge < -0.3 is 16.0 Å². The van der Waals surface area contributed by atoms with Gasteiger partial charge in [-0.1, -0.05) is 12.2 Å². The molecular formula is C14H22N4S. The van der Waals surface area contributed by atoms with Gasteiger partial charge in [-0.2, -0.15) is 0 Å². The van der Waals surface area contributed by atoms with E-state index >= 15 is 0 Å². The second-order valence-electron chi connectivity index (χ2n) is 5.36. The van der Waals surface area contributed by atoms with Crippen molar-refractivity contribution in [3.8, 4) is 0 Å². The van der Waals surface area contributed by atoms with Crippen LogP contribution in [0.15, 0.2) is 6.07 Å². The van der Waals surface area contributed by atoms with Crippen molar-refractivity contribution in [2.24, 2.45) is 5.73 Å². The molecule has 1 fully saturated rings. The van der Waals surface area contributed by atoms with Crippen molar-refractivity contribution < 1.29 is 0 Å². The Kier molecular flexibility index (Phi) is 4.37. The molecule has 1 aliphatic heterocycles. The Hall–Kier alpha value is -1.20. The number of nitrogens with one attached hydrogen (secondary N) is 1. The minimum absolute atomic E-state index is 0.417. The molecule has 1 aliphatic rings. The fourth-order valence-corrected chi connectivity index (χ4v) is 2.88. The molecule has 0 radical (unpaired) electrons. The number of aromatic nitrogens is 1. The van der Waals surface area contributed by atoms with E-state index in [0.717, 1.165) is 48.6 Å². The summed E-state index contributed by atoms with van der Waals surface area (Å²) in [6.45, 7) is 6.21. The third-order valence-corrected chi connectivity index (χ3v) is 3.86. The van der Waals surface area contributed by atoms with E-state index in [9.17, 15) is 0 Å². The first kappa shape index (κ1) is 14.2. The van der Waals surface area contributed by atoms with Gasteiger partial charge in [0.1, 0.15) is 4.99 Å². The molecule has 3 N–H and O–H groups in total. The third-order valence-electron chi connectivity index (χ3n) is 3.65. The molecule has 0 aliphatic carbocycles. The van der Waals surface area contributed by atoms with Crippen LogP contribution < -0.4 is 11.1 Å². The lowest BCUT2D eigenvalue weighted by molar-refractivity contribution is 0.264. The zero-order chi connectivity index (χ0) is 14.0. The van der Waals surface area contributed by atoms with Crippen LogP contribution in [0.4, 0.5) is 5.69 Å². The summed E-state index contributed by atoms with van der Waals surface area (Å²) in [6, 6.07) is 2.53. The monoisotopic (exact) mass is 278 g/mol. The molecule has 0 aromatic carbocycles. The predicted molar refractivity (Wildman–Crippen MR) is 83.7 cm³/mol. The highest BCUT2D eigenvalue weighted by Crippen LogP contribution is 2.23. The molecule has 1 saturated heterocycles. The van der Waals surface area contributed by atoms with Crippen molar-refractivity contribution in [2.45, 2.75) is 32.7 Å². The topological polar surface area (TPSA) is 54.2 Å². The van der Waals surface area contributed by atoms with Gasteiger partial charge in [0, 0.05) is 23.1 Å². The van der Waals surface area contributed by atoms with Gasteiger partial charge in [0.15, 0.2) is 0 Å². The maximum absolute atomic E-state index is 5.84. The van der Waals surface area contributed by atoms with Crippen LogP contribution in [-0.2, 0) is 0 Å². The highest BCUT2D eigenvalue weighted by molar-refractivity contribution is 7.80. The number of nitrogens with zero attached hydrogens (tertiary/aromatic N) is 2. The molecule has 19 heavy (non-hydrogen) atoms. The van der Waals surface area contributed by atoms with E-state index in [1.807, 2.05) is 19.9 Å². The Labute approximate surface area is 120 Å². The number of nitrogens with two attached hydrogens (primary N) is 1. The molecule has 1 aromatic rings. The number of hydrogen-bond acceptors (Lipinski definition) is 4. The normalized spacial score (nSPS) is 17.4. The number of aryl methyl sites for hydroxylation is 2. The van der Waals surface area contributed by atoms with Gasteiger partial charge in [0.25, 0.3) is 0 Å². The van der Waals surface area contributed by atoms with Crippen molar-refractivity contribution in [3.63, 3.8) is 0 Å². The summed E-state index contributed by atoms with van der Waals surface area (Å²) in [7, 11) is 2.16. The quantitative estimate of drug-likeness (QED) is 0.826. The SMILES string of the molecule is Cc1cc(NC2CCN(C)CC2)c(C(N)=S)c(C)n1. The summed E-state index contributed by atoms with van der Waals surface area (Å²) in [5.41, 5.74) is 9.66. The summed E-state index contributed by atoms with van der Waals surface area (Å²) in [4.78, 5) is 7.22. The molecule has 0 bridgehead atoms. The largest absolute Gasteiger partial charge is 0.389 e. The van der Waals surface area contributed by atoms with Gasteiger partial charge in [0.05, 0.1) is 5.56 Å². The smallest absolute Gasteiger partial charge is 0.107 e. The van der Waals surface area contributed by atoms with Crippen LogP contribution in [0, 0.1) is 13.8 Å². The average Bonchev–Trinajstić information content (AvgIpc) is 2.30. The number of likely N-dealkylation sites (tertiary alicyclic amines) is 1. The zero-order valence-electron chi connectivity index (χ0n) is 11.9. The second kappa shape index (κ2) is 5.84. The van der Waals surface area contributed by atoms with Crippen LogP contribution in [0.5, 0.6) is 0 Å². The molecule has 2 heterocycles. The van der Waals surface area contributed by atoms with E-state index in [1.54, 1.807) is 0 Å². The highest BCUT2D eigenvalue weighted by atomic mass is 32.1. The second-order valence-corrected chi connectivity index (χ2v) is 5.80. The van der Waals surface area contributed by atoms with Crippen molar-refractivity contribution >= 4 is 22.9 Å². The van der Waals surface area contributed by atoms with Crippen molar-refractivity contribution in [2.75, 3.05) is 25.5 Å². The van der Waals surface area contributed by atoms with Crippen molar-refractivity contribution in [3.05, 3.63) is 23.0 Å². The lowest BCUT2D eigenvalue weighted by Gasteiger charge is -2.31. The lowest BCUT2D eigenvalue weighted by atomic mass is 10.0. The van der Waals surface area contributed by atoms with E-state index in [-0.39, 0.29) is 0 Å². The van der Waals surface area contributed by atoms with E-state index < -0.39 is 0 Å². The fraction of sp³-hybridized carbons (Fsp3) is 0.571. The first-order valence-electron chi connectivity index (χ1n) is 6.70. The van der Waals surface area contributed by atoms with Crippen molar-refractivity contribution in [1.82, 2.24) is 9.88 Å². The molecule has 0 spiro atoms. The van der Waals surface area contributed by atoms with Gasteiger partial charge in [0.2, 0.25) is 0 Å². The number of hydrogen-bond donors (Lipinski definition) is 2. The van der Waals surface area contributed by atoms with Gasteiger partial charge in [-0.25, -0.2) is 0 Å². The first-order valence-corrected chi connectivity index (χ1v) is 7.11. The third kappa shape index (κ3) is 3.42. The first-order chi connectivity index (χ1) is 8.97. The van der Waals surface area contributed by atoms with Crippen LogP contribution >= 0.6 is 12.2 Å². The molecule has 4 nitrogen and oxygen atoms in total. The van der Waals surface area contributed by atoms with Crippen LogP contribution in [0.3, 0.4) is 0 Å². The molecule has 2 rings (SSSR count). The molecule has 5 heteroatoms. The maximum atomic E-state index is 5.84. The van der Waals surface area contributed by atoms with E-state index in [2.05, 4.69) is 22.2 Å². The van der Waals surface area contributed by atoms with Crippen molar-refractivity contribution in [1.29, 1.82) is 0 Å². The van der Waals surface area contributed by atoms with Crippen LogP contribution in [0.25, 0.3) is 0 Å². The minimum atomic E-state index is 0.417. The number of rotatable bonds is 3. The summed E-state index contributed by atoms with van der Waals surface area (Å²) in [5.74, 6) is 0. The number of anilines is 1. The average molecular weight is 278 g/mol. The lowest BCUT2D eigenvalue weighted by Crippen LogP contribution is -2.37.